The number of furan rings is 1. The van der Waals surface area contributed by atoms with Crippen molar-refractivity contribution < 1.29 is 26.7 Å². The van der Waals surface area contributed by atoms with E-state index in [1.807, 2.05) is 0 Å². The Morgan fingerprint density at radius 2 is 1.96 bits per heavy atom. The van der Waals surface area contributed by atoms with E-state index in [9.17, 15) is 18.0 Å². The van der Waals surface area contributed by atoms with Crippen LogP contribution in [0.4, 0.5) is 13.2 Å². The molecule has 2 aromatic heterocycles. The van der Waals surface area contributed by atoms with Crippen LogP contribution in [-0.2, 0) is 13.1 Å². The van der Waals surface area contributed by atoms with E-state index in [0.717, 1.165) is 4.90 Å². The Kier molecular flexibility index (Phi) is 5.03. The molecule has 0 radical (unpaired) electrons. The van der Waals surface area contributed by atoms with Gasteiger partial charge in [0.1, 0.15) is 17.1 Å². The number of alkyl halides is 3. The highest BCUT2D eigenvalue weighted by atomic mass is 19.4. The van der Waals surface area contributed by atoms with E-state index in [0.29, 0.717) is 22.5 Å². The first-order valence-electron chi connectivity index (χ1n) is 7.76. The summed E-state index contributed by atoms with van der Waals surface area (Å²) < 4.78 is 54.3. The van der Waals surface area contributed by atoms with Crippen LogP contribution < -0.4 is 10.4 Å². The largest absolute Gasteiger partial charge is 0.497 e. The van der Waals surface area contributed by atoms with Crippen LogP contribution >= 0.6 is 0 Å². The molecule has 0 aliphatic rings. The SMILES string of the molecule is COc1ccc2c(CN(Cc3ccco3)CC(F)(F)F)cc(=O)oc2c1. The first-order valence-corrected chi connectivity index (χ1v) is 7.76. The monoisotopic (exact) mass is 367 g/mol. The highest BCUT2D eigenvalue weighted by Crippen LogP contribution is 2.25. The Bertz CT molecular complexity index is 932. The first-order chi connectivity index (χ1) is 12.3. The van der Waals surface area contributed by atoms with Gasteiger partial charge in [0.05, 0.1) is 26.5 Å². The molecule has 138 valence electrons. The first kappa shape index (κ1) is 18.1. The van der Waals surface area contributed by atoms with Gasteiger partial charge in [0.2, 0.25) is 0 Å². The number of fused-ring (bicyclic) bond motifs is 1. The third kappa shape index (κ3) is 4.45. The van der Waals surface area contributed by atoms with Crippen LogP contribution in [0.25, 0.3) is 11.0 Å². The van der Waals surface area contributed by atoms with Crippen molar-refractivity contribution in [2.45, 2.75) is 19.3 Å². The van der Waals surface area contributed by atoms with Gasteiger partial charge < -0.3 is 13.6 Å². The van der Waals surface area contributed by atoms with Crippen LogP contribution in [0.2, 0.25) is 0 Å². The Morgan fingerprint density at radius 3 is 2.62 bits per heavy atom. The zero-order valence-corrected chi connectivity index (χ0v) is 13.9. The van der Waals surface area contributed by atoms with Crippen LogP contribution in [0.15, 0.2) is 56.3 Å². The summed E-state index contributed by atoms with van der Waals surface area (Å²) in [6.07, 6.45) is -2.98. The van der Waals surface area contributed by atoms with Crippen molar-refractivity contribution in [1.29, 1.82) is 0 Å². The maximum Gasteiger partial charge on any atom is 0.401 e. The van der Waals surface area contributed by atoms with Crippen LogP contribution in [0, 0.1) is 0 Å². The van der Waals surface area contributed by atoms with E-state index in [-0.39, 0.29) is 18.7 Å². The summed E-state index contributed by atoms with van der Waals surface area (Å²) in [5.74, 6) is 0.892. The smallest absolute Gasteiger partial charge is 0.401 e. The Labute approximate surface area is 146 Å². The predicted octanol–water partition coefficient (Wildman–Crippen LogP) is 3.96. The Balaban J connectivity index is 1.95. The molecule has 0 fully saturated rings. The van der Waals surface area contributed by atoms with Crippen molar-refractivity contribution >= 4 is 11.0 Å². The standard InChI is InChI=1S/C18H16F3NO4/c1-24-13-4-5-15-12(7-17(23)26-16(15)8-13)9-22(11-18(19,20)21)10-14-3-2-6-25-14/h2-8H,9-11H2,1H3. The number of ether oxygens (including phenoxy) is 1. The number of hydrogen-bond donors (Lipinski definition) is 0. The molecule has 0 aliphatic heterocycles. The van der Waals surface area contributed by atoms with Gasteiger partial charge in [0.25, 0.3) is 0 Å². The fourth-order valence-electron chi connectivity index (χ4n) is 2.75. The third-order valence-corrected chi connectivity index (χ3v) is 3.79. The van der Waals surface area contributed by atoms with E-state index >= 15 is 0 Å². The molecular weight excluding hydrogens is 351 g/mol. The summed E-state index contributed by atoms with van der Waals surface area (Å²) in [7, 11) is 1.47. The number of methoxy groups -OCH3 is 1. The third-order valence-electron chi connectivity index (χ3n) is 3.79. The number of benzene rings is 1. The Morgan fingerprint density at radius 1 is 1.15 bits per heavy atom. The minimum atomic E-state index is -4.38. The zero-order chi connectivity index (χ0) is 18.7. The second-order valence-corrected chi connectivity index (χ2v) is 5.79. The van der Waals surface area contributed by atoms with Gasteiger partial charge in [0.15, 0.2) is 0 Å². The Hall–Kier alpha value is -2.74. The molecule has 0 saturated heterocycles. The molecule has 2 heterocycles. The van der Waals surface area contributed by atoms with Gasteiger partial charge in [-0.25, -0.2) is 4.79 Å². The lowest BCUT2D eigenvalue weighted by Gasteiger charge is -2.23. The van der Waals surface area contributed by atoms with E-state index in [2.05, 4.69) is 0 Å². The summed E-state index contributed by atoms with van der Waals surface area (Å²) in [6.45, 7) is -1.26. The molecule has 1 aromatic carbocycles. The lowest BCUT2D eigenvalue weighted by Crippen LogP contribution is -2.33. The van der Waals surface area contributed by atoms with Crippen molar-refractivity contribution in [2.24, 2.45) is 0 Å². The minimum absolute atomic E-state index is 0.0373. The van der Waals surface area contributed by atoms with E-state index in [4.69, 9.17) is 13.6 Å². The van der Waals surface area contributed by atoms with Gasteiger partial charge in [-0.15, -0.1) is 0 Å². The second-order valence-electron chi connectivity index (χ2n) is 5.79. The molecule has 3 rings (SSSR count). The van der Waals surface area contributed by atoms with Gasteiger partial charge >= 0.3 is 11.8 Å². The maximum absolute atomic E-state index is 13.0. The fraction of sp³-hybridized carbons (Fsp3) is 0.278. The molecule has 0 spiro atoms. The van der Waals surface area contributed by atoms with Gasteiger partial charge in [0, 0.05) is 24.1 Å². The number of rotatable bonds is 6. The maximum atomic E-state index is 13.0. The molecule has 0 amide bonds. The number of hydrogen-bond acceptors (Lipinski definition) is 5. The number of halogens is 3. The fourth-order valence-corrected chi connectivity index (χ4v) is 2.75. The van der Waals surface area contributed by atoms with Crippen molar-refractivity contribution in [1.82, 2.24) is 4.90 Å². The van der Waals surface area contributed by atoms with Crippen LogP contribution in [-0.4, -0.2) is 24.7 Å². The van der Waals surface area contributed by atoms with Gasteiger partial charge in [-0.1, -0.05) is 0 Å². The highest BCUT2D eigenvalue weighted by Gasteiger charge is 2.31. The van der Waals surface area contributed by atoms with Gasteiger partial charge in [-0.05, 0) is 29.8 Å². The molecule has 0 atom stereocenters. The van der Waals surface area contributed by atoms with Crippen molar-refractivity contribution in [2.75, 3.05) is 13.7 Å². The molecule has 0 aliphatic carbocycles. The molecule has 0 unspecified atom stereocenters. The summed E-state index contributed by atoms with van der Waals surface area (Å²) in [6, 6.07) is 9.27. The second kappa shape index (κ2) is 7.25. The van der Waals surface area contributed by atoms with Crippen molar-refractivity contribution in [3.63, 3.8) is 0 Å². The molecule has 5 nitrogen and oxygen atoms in total. The van der Waals surface area contributed by atoms with Crippen LogP contribution in [0.3, 0.4) is 0 Å². The van der Waals surface area contributed by atoms with Crippen LogP contribution in [0.5, 0.6) is 5.75 Å². The van der Waals surface area contributed by atoms with E-state index in [1.54, 1.807) is 24.3 Å². The lowest BCUT2D eigenvalue weighted by atomic mass is 10.1. The summed E-state index contributed by atoms with van der Waals surface area (Å²) >= 11 is 0. The van der Waals surface area contributed by atoms with Gasteiger partial charge in [-0.3, -0.25) is 4.90 Å². The quantitative estimate of drug-likeness (QED) is 0.618. The molecule has 0 saturated carbocycles. The molecule has 0 N–H and O–H groups in total. The minimum Gasteiger partial charge on any atom is -0.497 e. The highest BCUT2D eigenvalue weighted by molar-refractivity contribution is 5.81. The molecule has 8 heteroatoms. The summed E-state index contributed by atoms with van der Waals surface area (Å²) in [5, 5.41) is 0.553. The lowest BCUT2D eigenvalue weighted by molar-refractivity contribution is -0.148. The predicted molar refractivity (Wildman–Crippen MR) is 87.9 cm³/mol. The molecule has 0 bridgehead atoms. The zero-order valence-electron chi connectivity index (χ0n) is 13.9. The van der Waals surface area contributed by atoms with Crippen molar-refractivity contribution in [3.8, 4) is 5.75 Å². The van der Waals surface area contributed by atoms with Crippen molar-refractivity contribution in [3.05, 3.63) is 64.4 Å². The molecule has 26 heavy (non-hydrogen) atoms. The molecule has 3 aromatic rings. The summed E-state index contributed by atoms with van der Waals surface area (Å²) in [4.78, 5) is 13.0. The van der Waals surface area contributed by atoms with E-state index in [1.165, 1.54) is 25.5 Å². The van der Waals surface area contributed by atoms with Crippen LogP contribution in [0.1, 0.15) is 11.3 Å². The normalized spacial score (nSPS) is 12.0. The molecular formula is C18H16F3NO4. The average Bonchev–Trinajstić information content (AvgIpc) is 3.05. The number of nitrogens with zero attached hydrogens (tertiary/aromatic N) is 1. The van der Waals surface area contributed by atoms with E-state index < -0.39 is 18.3 Å². The average molecular weight is 367 g/mol. The topological polar surface area (TPSA) is 55.8 Å². The summed E-state index contributed by atoms with van der Waals surface area (Å²) in [5.41, 5.74) is 0.0669. The van der Waals surface area contributed by atoms with Gasteiger partial charge in [-0.2, -0.15) is 13.2 Å².